The molecule has 0 aliphatic carbocycles. The molecular weight excluding hydrogens is 322 g/mol. The average Bonchev–Trinajstić information content (AvgIpc) is 2.54. The molecule has 17 heavy (non-hydrogen) atoms. The second-order valence-electron chi connectivity index (χ2n) is 3.57. The number of alkyl halides is 4. The molecule has 1 nitrogen and oxygen atoms in total. The van der Waals surface area contributed by atoms with Crippen LogP contribution in [-0.4, -0.2) is 18.9 Å². The Hall–Kier alpha value is -0.140. The molecular formula is C10H12BrF4NS. The number of nitrogens with one attached hydrogen (secondary N) is 1. The van der Waals surface area contributed by atoms with E-state index in [0.29, 0.717) is 3.79 Å². The van der Waals surface area contributed by atoms with Crippen LogP contribution >= 0.6 is 27.3 Å². The van der Waals surface area contributed by atoms with Crippen LogP contribution in [0.25, 0.3) is 0 Å². The fourth-order valence-electron chi connectivity index (χ4n) is 1.38. The normalized spacial score (nSPS) is 14.4. The van der Waals surface area contributed by atoms with Crippen molar-refractivity contribution in [3.8, 4) is 0 Å². The summed E-state index contributed by atoms with van der Waals surface area (Å²) in [5.74, 6) is -4.08. The van der Waals surface area contributed by atoms with Gasteiger partial charge in [-0.2, -0.15) is 8.78 Å². The molecule has 1 unspecified atom stereocenters. The number of halogens is 5. The second kappa shape index (κ2) is 5.67. The zero-order valence-corrected chi connectivity index (χ0v) is 11.6. The number of hydrogen-bond acceptors (Lipinski definition) is 2. The summed E-state index contributed by atoms with van der Waals surface area (Å²) in [6.45, 7) is 3.53. The first-order valence-electron chi connectivity index (χ1n) is 4.95. The summed E-state index contributed by atoms with van der Waals surface area (Å²) < 4.78 is 52.3. The van der Waals surface area contributed by atoms with Gasteiger partial charge >= 0.3 is 12.3 Å². The van der Waals surface area contributed by atoms with E-state index in [0.717, 1.165) is 16.9 Å². The number of hydrogen-bond donors (Lipinski definition) is 1. The van der Waals surface area contributed by atoms with E-state index in [2.05, 4.69) is 21.2 Å². The maximum Gasteiger partial charge on any atom is 0.327 e. The summed E-state index contributed by atoms with van der Waals surface area (Å²) in [6, 6.07) is -0.152. The van der Waals surface area contributed by atoms with Gasteiger partial charge in [0.25, 0.3) is 0 Å². The highest BCUT2D eigenvalue weighted by Crippen LogP contribution is 2.41. The first kappa shape index (κ1) is 14.9. The SMILES string of the molecule is CCNC(c1cc(C)c(Br)s1)C(F)(F)C(F)F. The number of aryl methyl sites for hydroxylation is 1. The molecule has 1 heterocycles. The lowest BCUT2D eigenvalue weighted by molar-refractivity contribution is -0.150. The Morgan fingerprint density at radius 2 is 2.06 bits per heavy atom. The topological polar surface area (TPSA) is 12.0 Å². The van der Waals surface area contributed by atoms with Crippen molar-refractivity contribution in [1.29, 1.82) is 0 Å². The van der Waals surface area contributed by atoms with Crippen LogP contribution in [-0.2, 0) is 0 Å². The lowest BCUT2D eigenvalue weighted by Gasteiger charge is -2.25. The molecule has 0 amide bonds. The molecule has 0 spiro atoms. The van der Waals surface area contributed by atoms with E-state index >= 15 is 0 Å². The number of rotatable bonds is 5. The van der Waals surface area contributed by atoms with Gasteiger partial charge in [0, 0.05) is 4.88 Å². The fourth-order valence-corrected chi connectivity index (χ4v) is 3.08. The van der Waals surface area contributed by atoms with Crippen molar-refractivity contribution in [2.75, 3.05) is 6.54 Å². The van der Waals surface area contributed by atoms with E-state index < -0.39 is 18.4 Å². The van der Waals surface area contributed by atoms with Crippen molar-refractivity contribution >= 4 is 27.3 Å². The van der Waals surface area contributed by atoms with Gasteiger partial charge in [-0.1, -0.05) is 6.92 Å². The Labute approximate surface area is 109 Å². The Bertz CT molecular complexity index is 361. The standard InChI is InChI=1S/C10H12BrF4NS/c1-3-16-7(10(14,15)9(12)13)6-4-5(2)8(11)17-6/h4,7,9,16H,3H2,1-2H3. The molecule has 1 aromatic heterocycles. The van der Waals surface area contributed by atoms with E-state index in [1.165, 1.54) is 6.07 Å². The highest BCUT2D eigenvalue weighted by atomic mass is 79.9. The van der Waals surface area contributed by atoms with Crippen LogP contribution in [0.3, 0.4) is 0 Å². The zero-order chi connectivity index (χ0) is 13.2. The molecule has 0 aliphatic rings. The van der Waals surface area contributed by atoms with E-state index in [-0.39, 0.29) is 11.4 Å². The van der Waals surface area contributed by atoms with Gasteiger partial charge in [-0.05, 0) is 41.0 Å². The van der Waals surface area contributed by atoms with Crippen molar-refractivity contribution in [3.63, 3.8) is 0 Å². The quantitative estimate of drug-likeness (QED) is 0.789. The Morgan fingerprint density at radius 3 is 2.41 bits per heavy atom. The zero-order valence-electron chi connectivity index (χ0n) is 9.24. The molecule has 98 valence electrons. The lowest BCUT2D eigenvalue weighted by Crippen LogP contribution is -2.42. The first-order valence-corrected chi connectivity index (χ1v) is 6.56. The van der Waals surface area contributed by atoms with Crippen LogP contribution in [0.4, 0.5) is 17.6 Å². The summed E-state index contributed by atoms with van der Waals surface area (Å²) in [7, 11) is 0. The molecule has 0 bridgehead atoms. The highest BCUT2D eigenvalue weighted by molar-refractivity contribution is 9.11. The monoisotopic (exact) mass is 333 g/mol. The molecule has 0 aliphatic heterocycles. The molecule has 1 rings (SSSR count). The molecule has 1 aromatic rings. The minimum Gasteiger partial charge on any atom is -0.304 e. The Balaban J connectivity index is 3.08. The summed E-state index contributed by atoms with van der Waals surface area (Å²) in [5, 5.41) is 2.42. The lowest BCUT2D eigenvalue weighted by atomic mass is 10.1. The molecule has 0 radical (unpaired) electrons. The van der Waals surface area contributed by atoms with Crippen molar-refractivity contribution in [1.82, 2.24) is 5.32 Å². The van der Waals surface area contributed by atoms with Gasteiger partial charge in [-0.3, -0.25) is 0 Å². The summed E-state index contributed by atoms with van der Waals surface area (Å²) in [5.41, 5.74) is 0.762. The van der Waals surface area contributed by atoms with Crippen LogP contribution in [0.2, 0.25) is 0 Å². The highest BCUT2D eigenvalue weighted by Gasteiger charge is 2.49. The van der Waals surface area contributed by atoms with Crippen LogP contribution in [0, 0.1) is 6.92 Å². The van der Waals surface area contributed by atoms with Gasteiger partial charge in [0.15, 0.2) is 0 Å². The van der Waals surface area contributed by atoms with Gasteiger partial charge in [-0.25, -0.2) is 8.78 Å². The minimum absolute atomic E-state index is 0.196. The third-order valence-corrected chi connectivity index (χ3v) is 4.45. The molecule has 0 fully saturated rings. The average molecular weight is 334 g/mol. The van der Waals surface area contributed by atoms with Crippen molar-refractivity contribution in [3.05, 3.63) is 20.3 Å². The number of thiophene rings is 1. The van der Waals surface area contributed by atoms with E-state index in [1.54, 1.807) is 13.8 Å². The van der Waals surface area contributed by atoms with Crippen molar-refractivity contribution < 1.29 is 17.6 Å². The van der Waals surface area contributed by atoms with E-state index in [1.807, 2.05) is 0 Å². The summed E-state index contributed by atoms with van der Waals surface area (Å²) in [4.78, 5) is 0.210. The maximum atomic E-state index is 13.4. The summed E-state index contributed by atoms with van der Waals surface area (Å²) in [6.07, 6.45) is -3.69. The van der Waals surface area contributed by atoms with E-state index in [4.69, 9.17) is 0 Å². The van der Waals surface area contributed by atoms with Crippen molar-refractivity contribution in [2.24, 2.45) is 0 Å². The molecule has 0 saturated carbocycles. The third kappa shape index (κ3) is 3.20. The largest absolute Gasteiger partial charge is 0.327 e. The molecule has 1 N–H and O–H groups in total. The third-order valence-electron chi connectivity index (χ3n) is 2.24. The van der Waals surface area contributed by atoms with Crippen LogP contribution in [0.1, 0.15) is 23.4 Å². The van der Waals surface area contributed by atoms with Gasteiger partial charge in [0.1, 0.15) is 6.04 Å². The van der Waals surface area contributed by atoms with Gasteiger partial charge < -0.3 is 5.32 Å². The maximum absolute atomic E-state index is 13.4. The predicted octanol–water partition coefficient (Wildman–Crippen LogP) is 4.37. The smallest absolute Gasteiger partial charge is 0.304 e. The fraction of sp³-hybridized carbons (Fsp3) is 0.600. The van der Waals surface area contributed by atoms with Crippen LogP contribution in [0.5, 0.6) is 0 Å². The van der Waals surface area contributed by atoms with Crippen molar-refractivity contribution in [2.45, 2.75) is 32.2 Å². The molecule has 0 aromatic carbocycles. The second-order valence-corrected chi connectivity index (χ2v) is 5.97. The van der Waals surface area contributed by atoms with Gasteiger partial charge in [0.2, 0.25) is 0 Å². The van der Waals surface area contributed by atoms with Crippen LogP contribution < -0.4 is 5.32 Å². The minimum atomic E-state index is -4.08. The van der Waals surface area contributed by atoms with Crippen LogP contribution in [0.15, 0.2) is 9.85 Å². The predicted molar refractivity (Wildman–Crippen MR) is 64.1 cm³/mol. The Kier molecular flexibility index (Phi) is 4.97. The summed E-state index contributed by atoms with van der Waals surface area (Å²) >= 11 is 4.25. The molecule has 0 saturated heterocycles. The van der Waals surface area contributed by atoms with Gasteiger partial charge in [-0.15, -0.1) is 11.3 Å². The van der Waals surface area contributed by atoms with Gasteiger partial charge in [0.05, 0.1) is 3.79 Å². The first-order chi connectivity index (χ1) is 7.80. The van der Waals surface area contributed by atoms with E-state index in [9.17, 15) is 17.6 Å². The molecule has 7 heteroatoms. The Morgan fingerprint density at radius 1 is 1.47 bits per heavy atom. The molecule has 1 atom stereocenters.